The molecule has 22 heavy (non-hydrogen) atoms. The van der Waals surface area contributed by atoms with Crippen molar-refractivity contribution in [1.29, 1.82) is 0 Å². The van der Waals surface area contributed by atoms with Crippen LogP contribution in [0.3, 0.4) is 0 Å². The SMILES string of the molecule is CC1CCN(Cc2nc(-c3ccc(Cl)cc3)no2)CC1CN. The average Bonchev–Trinajstić information content (AvgIpc) is 2.98. The highest BCUT2D eigenvalue weighted by atomic mass is 35.5. The lowest BCUT2D eigenvalue weighted by Gasteiger charge is -2.35. The van der Waals surface area contributed by atoms with Gasteiger partial charge in [-0.3, -0.25) is 4.90 Å². The normalized spacial score (nSPS) is 22.9. The van der Waals surface area contributed by atoms with Gasteiger partial charge in [0.15, 0.2) is 0 Å². The molecule has 2 atom stereocenters. The molecular formula is C16H21ClN4O. The average molecular weight is 321 g/mol. The third-order valence-electron chi connectivity index (χ3n) is 4.43. The molecule has 0 bridgehead atoms. The molecule has 1 aromatic heterocycles. The molecule has 2 heterocycles. The molecule has 0 radical (unpaired) electrons. The maximum Gasteiger partial charge on any atom is 0.241 e. The molecule has 3 rings (SSSR count). The highest BCUT2D eigenvalue weighted by Gasteiger charge is 2.26. The Labute approximate surface area is 135 Å². The lowest BCUT2D eigenvalue weighted by Crippen LogP contribution is -2.42. The van der Waals surface area contributed by atoms with E-state index >= 15 is 0 Å². The molecule has 6 heteroatoms. The summed E-state index contributed by atoms with van der Waals surface area (Å²) in [5.41, 5.74) is 6.76. The van der Waals surface area contributed by atoms with Gasteiger partial charge >= 0.3 is 0 Å². The molecule has 1 saturated heterocycles. The molecule has 5 nitrogen and oxygen atoms in total. The molecular weight excluding hydrogens is 300 g/mol. The van der Waals surface area contributed by atoms with Crippen LogP contribution < -0.4 is 5.73 Å². The first-order valence-electron chi connectivity index (χ1n) is 7.66. The molecule has 2 N–H and O–H groups in total. The Kier molecular flexibility index (Phi) is 4.76. The number of benzene rings is 1. The summed E-state index contributed by atoms with van der Waals surface area (Å²) in [6.07, 6.45) is 1.17. The van der Waals surface area contributed by atoms with Gasteiger partial charge in [-0.15, -0.1) is 0 Å². The predicted molar refractivity (Wildman–Crippen MR) is 86.3 cm³/mol. The zero-order chi connectivity index (χ0) is 15.5. The van der Waals surface area contributed by atoms with Crippen LogP contribution in [0, 0.1) is 11.8 Å². The van der Waals surface area contributed by atoms with Gasteiger partial charge in [-0.2, -0.15) is 4.98 Å². The zero-order valence-electron chi connectivity index (χ0n) is 12.7. The number of aromatic nitrogens is 2. The monoisotopic (exact) mass is 320 g/mol. The Balaban J connectivity index is 1.65. The van der Waals surface area contributed by atoms with Gasteiger partial charge in [0, 0.05) is 17.1 Å². The number of piperidine rings is 1. The fourth-order valence-corrected chi connectivity index (χ4v) is 3.03. The van der Waals surface area contributed by atoms with Crippen molar-refractivity contribution in [3.8, 4) is 11.4 Å². The van der Waals surface area contributed by atoms with Crippen molar-refractivity contribution in [1.82, 2.24) is 15.0 Å². The van der Waals surface area contributed by atoms with E-state index in [9.17, 15) is 0 Å². The Morgan fingerprint density at radius 2 is 2.14 bits per heavy atom. The van der Waals surface area contributed by atoms with Gasteiger partial charge in [0.1, 0.15) is 0 Å². The lowest BCUT2D eigenvalue weighted by molar-refractivity contribution is 0.114. The summed E-state index contributed by atoms with van der Waals surface area (Å²) < 4.78 is 5.38. The number of hydrogen-bond acceptors (Lipinski definition) is 5. The van der Waals surface area contributed by atoms with Gasteiger partial charge in [-0.1, -0.05) is 23.7 Å². The highest BCUT2D eigenvalue weighted by molar-refractivity contribution is 6.30. The van der Waals surface area contributed by atoms with Crippen LogP contribution in [-0.2, 0) is 6.54 Å². The topological polar surface area (TPSA) is 68.2 Å². The third kappa shape index (κ3) is 3.48. The molecule has 1 aliphatic heterocycles. The summed E-state index contributed by atoms with van der Waals surface area (Å²) in [5.74, 6) is 2.49. The molecule has 0 amide bonds. The smallest absolute Gasteiger partial charge is 0.241 e. The molecule has 118 valence electrons. The Morgan fingerprint density at radius 3 is 2.86 bits per heavy atom. The second-order valence-corrected chi connectivity index (χ2v) is 6.45. The van der Waals surface area contributed by atoms with E-state index in [0.717, 1.165) is 25.2 Å². The first kappa shape index (κ1) is 15.5. The maximum atomic E-state index is 5.89. The van der Waals surface area contributed by atoms with Crippen molar-refractivity contribution >= 4 is 11.6 Å². The Morgan fingerprint density at radius 1 is 1.36 bits per heavy atom. The fraction of sp³-hybridized carbons (Fsp3) is 0.500. The van der Waals surface area contributed by atoms with Crippen LogP contribution in [0.25, 0.3) is 11.4 Å². The molecule has 0 saturated carbocycles. The predicted octanol–water partition coefficient (Wildman–Crippen LogP) is 2.81. The van der Waals surface area contributed by atoms with Crippen LogP contribution in [0.2, 0.25) is 5.02 Å². The van der Waals surface area contributed by atoms with Gasteiger partial charge < -0.3 is 10.3 Å². The van der Waals surface area contributed by atoms with Crippen molar-refractivity contribution in [2.24, 2.45) is 17.6 Å². The summed E-state index contributed by atoms with van der Waals surface area (Å²) >= 11 is 5.89. The van der Waals surface area contributed by atoms with Crippen molar-refractivity contribution < 1.29 is 4.52 Å². The van der Waals surface area contributed by atoms with E-state index in [4.69, 9.17) is 21.9 Å². The summed E-state index contributed by atoms with van der Waals surface area (Å²) in [5, 5.41) is 4.75. The van der Waals surface area contributed by atoms with Crippen LogP contribution in [0.1, 0.15) is 19.2 Å². The van der Waals surface area contributed by atoms with Gasteiger partial charge in [-0.25, -0.2) is 0 Å². The standard InChI is InChI=1S/C16H21ClN4O/c1-11-6-7-21(9-13(11)8-18)10-15-19-16(20-22-15)12-2-4-14(17)5-3-12/h2-5,11,13H,6-10,18H2,1H3. The summed E-state index contributed by atoms with van der Waals surface area (Å²) in [7, 11) is 0. The number of likely N-dealkylation sites (tertiary alicyclic amines) is 1. The van der Waals surface area contributed by atoms with Gasteiger partial charge in [0.25, 0.3) is 0 Å². The molecule has 0 aliphatic carbocycles. The van der Waals surface area contributed by atoms with E-state index in [1.807, 2.05) is 24.3 Å². The Bertz CT molecular complexity index is 613. The van der Waals surface area contributed by atoms with Crippen molar-refractivity contribution in [3.05, 3.63) is 35.2 Å². The van der Waals surface area contributed by atoms with Crippen LogP contribution in [-0.4, -0.2) is 34.7 Å². The van der Waals surface area contributed by atoms with Gasteiger partial charge in [0.05, 0.1) is 6.54 Å². The van der Waals surface area contributed by atoms with E-state index in [1.54, 1.807) is 0 Å². The molecule has 2 aromatic rings. The van der Waals surface area contributed by atoms with E-state index in [1.165, 1.54) is 6.42 Å². The van der Waals surface area contributed by atoms with Crippen LogP contribution in [0.5, 0.6) is 0 Å². The van der Waals surface area contributed by atoms with Crippen LogP contribution in [0.4, 0.5) is 0 Å². The third-order valence-corrected chi connectivity index (χ3v) is 4.68. The molecule has 1 fully saturated rings. The Hall–Kier alpha value is -1.43. The van der Waals surface area contributed by atoms with E-state index in [2.05, 4.69) is 22.0 Å². The maximum absolute atomic E-state index is 5.89. The summed E-state index contributed by atoms with van der Waals surface area (Å²) in [4.78, 5) is 6.82. The number of halogens is 1. The van der Waals surface area contributed by atoms with Crippen molar-refractivity contribution in [2.45, 2.75) is 19.9 Å². The quantitative estimate of drug-likeness (QED) is 0.938. The highest BCUT2D eigenvalue weighted by Crippen LogP contribution is 2.24. The van der Waals surface area contributed by atoms with Crippen LogP contribution in [0.15, 0.2) is 28.8 Å². The minimum Gasteiger partial charge on any atom is -0.338 e. The van der Waals surface area contributed by atoms with Crippen LogP contribution >= 0.6 is 11.6 Å². The number of nitrogens with two attached hydrogens (primary N) is 1. The van der Waals surface area contributed by atoms with Crippen molar-refractivity contribution in [3.63, 3.8) is 0 Å². The van der Waals surface area contributed by atoms with E-state index in [-0.39, 0.29) is 0 Å². The molecule has 1 aromatic carbocycles. The fourth-order valence-electron chi connectivity index (χ4n) is 2.90. The number of nitrogens with zero attached hydrogens (tertiary/aromatic N) is 3. The minimum absolute atomic E-state index is 0.549. The zero-order valence-corrected chi connectivity index (χ0v) is 13.5. The minimum atomic E-state index is 0.549. The molecule has 1 aliphatic rings. The van der Waals surface area contributed by atoms with Gasteiger partial charge in [0.2, 0.25) is 11.7 Å². The van der Waals surface area contributed by atoms with E-state index < -0.39 is 0 Å². The lowest BCUT2D eigenvalue weighted by atomic mass is 9.87. The second kappa shape index (κ2) is 6.77. The van der Waals surface area contributed by atoms with Crippen molar-refractivity contribution in [2.75, 3.05) is 19.6 Å². The van der Waals surface area contributed by atoms with Gasteiger partial charge in [-0.05, 0) is 55.6 Å². The second-order valence-electron chi connectivity index (χ2n) is 6.02. The summed E-state index contributed by atoms with van der Waals surface area (Å²) in [6, 6.07) is 7.43. The van der Waals surface area contributed by atoms with E-state index in [0.29, 0.717) is 35.1 Å². The first-order chi connectivity index (χ1) is 10.7. The first-order valence-corrected chi connectivity index (χ1v) is 8.04. The molecule has 0 spiro atoms. The number of hydrogen-bond donors (Lipinski definition) is 1. The molecule has 2 unspecified atom stereocenters. The summed E-state index contributed by atoms with van der Waals surface area (Å²) in [6.45, 7) is 5.74. The largest absolute Gasteiger partial charge is 0.338 e. The number of rotatable bonds is 4.